The Kier molecular flexibility index (Phi) is 17.8. The predicted octanol–water partition coefficient (Wildman–Crippen LogP) is 9.33. The van der Waals surface area contributed by atoms with Crippen LogP contribution in [0.15, 0.2) is 170 Å². The van der Waals surface area contributed by atoms with E-state index in [9.17, 15) is 19.2 Å². The lowest BCUT2D eigenvalue weighted by Crippen LogP contribution is -2.51. The second-order valence-corrected chi connectivity index (χ2v) is 20.5. The SMILES string of the molecule is C[C@H](NC(=O)CN1CCN(CC(=O)N[C@@H](C)c2cccc3ccccc23)CCN(CC(=O)N[C@@H](C)c2cccc3ccccc23)CCN(CC(=O)N[C@@H](C)c2cccc3ccccc23)CC1)c1cccc2ccccc12. The van der Waals surface area contributed by atoms with Gasteiger partial charge in [-0.3, -0.25) is 38.8 Å². The van der Waals surface area contributed by atoms with E-state index in [0.717, 1.165) is 65.3 Å². The van der Waals surface area contributed by atoms with Gasteiger partial charge in [-0.05, 0) is 93.0 Å². The highest BCUT2D eigenvalue weighted by atomic mass is 16.2. The Hall–Kier alpha value is -7.48. The van der Waals surface area contributed by atoms with Crippen molar-refractivity contribution < 1.29 is 19.2 Å². The zero-order chi connectivity index (χ0) is 53.0. The van der Waals surface area contributed by atoms with Crippen LogP contribution in [0.4, 0.5) is 0 Å². The van der Waals surface area contributed by atoms with Gasteiger partial charge in [-0.15, -0.1) is 0 Å². The van der Waals surface area contributed by atoms with Crippen molar-refractivity contribution in [2.75, 3.05) is 78.5 Å². The summed E-state index contributed by atoms with van der Waals surface area (Å²) in [6, 6.07) is 56.6. The molecule has 1 saturated heterocycles. The fraction of sp³-hybridized carbons (Fsp3) is 0.312. The molecule has 0 unspecified atom stereocenters. The topological polar surface area (TPSA) is 129 Å². The summed E-state index contributed by atoms with van der Waals surface area (Å²) in [5.41, 5.74) is 4.19. The molecule has 0 bridgehead atoms. The van der Waals surface area contributed by atoms with Crippen molar-refractivity contribution in [3.63, 3.8) is 0 Å². The number of nitrogens with one attached hydrogen (secondary N) is 4. The highest BCUT2D eigenvalue weighted by Gasteiger charge is 2.25. The molecule has 8 aromatic carbocycles. The Labute approximate surface area is 447 Å². The molecule has 8 aromatic rings. The first-order chi connectivity index (χ1) is 36.9. The lowest BCUT2D eigenvalue weighted by molar-refractivity contribution is -0.125. The van der Waals surface area contributed by atoms with Crippen LogP contribution in [0.25, 0.3) is 43.1 Å². The van der Waals surface area contributed by atoms with E-state index in [1.807, 2.05) is 100 Å². The van der Waals surface area contributed by atoms with Crippen LogP contribution in [0.3, 0.4) is 0 Å². The number of fused-ring (bicyclic) bond motifs is 4. The Morgan fingerprint density at radius 1 is 0.303 bits per heavy atom. The van der Waals surface area contributed by atoms with E-state index in [4.69, 9.17) is 0 Å². The van der Waals surface area contributed by atoms with Crippen LogP contribution in [0.1, 0.15) is 74.1 Å². The minimum atomic E-state index is -0.239. The van der Waals surface area contributed by atoms with Crippen molar-refractivity contribution >= 4 is 66.7 Å². The number of benzene rings is 8. The molecule has 12 heteroatoms. The second kappa shape index (κ2) is 25.4. The quantitative estimate of drug-likeness (QED) is 0.0755. The molecule has 0 spiro atoms. The van der Waals surface area contributed by atoms with Crippen molar-refractivity contribution in [1.82, 2.24) is 40.9 Å². The van der Waals surface area contributed by atoms with Crippen molar-refractivity contribution in [2.45, 2.75) is 51.9 Å². The van der Waals surface area contributed by atoms with E-state index in [2.05, 4.69) is 138 Å². The predicted molar refractivity (Wildman–Crippen MR) is 308 cm³/mol. The maximum Gasteiger partial charge on any atom is 0.234 e. The first-order valence-electron chi connectivity index (χ1n) is 26.9. The number of carbonyl (C=O) groups excluding carboxylic acids is 4. The number of carbonyl (C=O) groups is 4. The monoisotopic (exact) mass is 1020 g/mol. The van der Waals surface area contributed by atoms with Crippen LogP contribution < -0.4 is 21.3 Å². The van der Waals surface area contributed by atoms with Gasteiger partial charge in [-0.2, -0.15) is 0 Å². The van der Waals surface area contributed by atoms with Gasteiger partial charge in [0.25, 0.3) is 0 Å². The van der Waals surface area contributed by atoms with Crippen molar-refractivity contribution in [2.24, 2.45) is 0 Å². The largest absolute Gasteiger partial charge is 0.348 e. The molecule has 392 valence electrons. The molecule has 9 rings (SSSR count). The second-order valence-electron chi connectivity index (χ2n) is 20.5. The molecule has 1 aliphatic heterocycles. The Morgan fingerprint density at radius 3 is 0.697 bits per heavy atom. The van der Waals surface area contributed by atoms with Gasteiger partial charge >= 0.3 is 0 Å². The van der Waals surface area contributed by atoms with E-state index in [-0.39, 0.29) is 74.0 Å². The Morgan fingerprint density at radius 2 is 0.487 bits per heavy atom. The fourth-order valence-corrected chi connectivity index (χ4v) is 11.0. The van der Waals surface area contributed by atoms with Crippen LogP contribution >= 0.6 is 0 Å². The lowest BCUT2D eigenvalue weighted by atomic mass is 9.99. The minimum Gasteiger partial charge on any atom is -0.348 e. The van der Waals surface area contributed by atoms with Gasteiger partial charge in [0, 0.05) is 52.4 Å². The number of nitrogens with zero attached hydrogens (tertiary/aromatic N) is 4. The Bertz CT molecular complexity index is 2830. The standard InChI is InChI=1S/C64H72N8O4/c1-45(53-29-13-21-49-17-5-9-25-57(49)53)65-61(73)41-69-33-35-70(42-62(74)66-46(2)54-30-14-22-50-18-6-10-26-58(50)54)37-39-72(44-64(76)68-48(4)56-32-16-24-52-20-8-12-28-60(52)56)40-38-71(36-34-69)43-63(75)67-47(3)55-31-15-23-51-19-7-11-27-59(51)55/h5-32,45-48H,33-44H2,1-4H3,(H,65,73)(H,66,74)(H,67,75)(H,68,76)/t45-,46-,47-,48-/m0/s1. The molecule has 0 saturated carbocycles. The first-order valence-corrected chi connectivity index (χ1v) is 26.9. The van der Waals surface area contributed by atoms with Gasteiger partial charge in [0.05, 0.1) is 50.3 Å². The third-order valence-corrected chi connectivity index (χ3v) is 15.1. The fourth-order valence-electron chi connectivity index (χ4n) is 11.0. The van der Waals surface area contributed by atoms with Gasteiger partial charge in [-0.1, -0.05) is 170 Å². The van der Waals surface area contributed by atoms with Crippen molar-refractivity contribution in [3.8, 4) is 0 Å². The molecule has 0 radical (unpaired) electrons. The number of hydrogen-bond donors (Lipinski definition) is 4. The maximum atomic E-state index is 14.1. The summed E-state index contributed by atoms with van der Waals surface area (Å²) in [7, 11) is 0. The molecule has 1 fully saturated rings. The molecule has 4 N–H and O–H groups in total. The zero-order valence-corrected chi connectivity index (χ0v) is 44.4. The number of amides is 4. The van der Waals surface area contributed by atoms with Gasteiger partial charge in [0.1, 0.15) is 0 Å². The molecule has 0 aliphatic carbocycles. The minimum absolute atomic E-state index is 0.108. The van der Waals surface area contributed by atoms with E-state index in [1.54, 1.807) is 0 Å². The number of rotatable bonds is 16. The summed E-state index contributed by atoms with van der Waals surface area (Å²) in [5, 5.41) is 22.0. The highest BCUT2D eigenvalue weighted by molar-refractivity contribution is 5.90. The summed E-state index contributed by atoms with van der Waals surface area (Å²) in [6.45, 7) is 12.5. The van der Waals surface area contributed by atoms with Crippen molar-refractivity contribution in [1.29, 1.82) is 0 Å². The van der Waals surface area contributed by atoms with E-state index >= 15 is 0 Å². The van der Waals surface area contributed by atoms with Crippen molar-refractivity contribution in [3.05, 3.63) is 192 Å². The van der Waals surface area contributed by atoms with Gasteiger partial charge < -0.3 is 21.3 Å². The summed E-state index contributed by atoms with van der Waals surface area (Å²) < 4.78 is 0. The van der Waals surface area contributed by atoms with Crippen LogP contribution in [-0.4, -0.2) is 122 Å². The summed E-state index contributed by atoms with van der Waals surface area (Å²) in [6.07, 6.45) is 0. The van der Waals surface area contributed by atoms with E-state index in [0.29, 0.717) is 52.4 Å². The normalized spacial score (nSPS) is 16.3. The van der Waals surface area contributed by atoms with Gasteiger partial charge in [0.2, 0.25) is 23.6 Å². The molecule has 0 aromatic heterocycles. The molecule has 4 atom stereocenters. The summed E-state index contributed by atoms with van der Waals surface area (Å²) in [4.78, 5) is 65.1. The molecule has 1 heterocycles. The average Bonchev–Trinajstić information content (AvgIpc) is 3.43. The molecule has 1 aliphatic rings. The van der Waals surface area contributed by atoms with Crippen LogP contribution in [-0.2, 0) is 19.2 Å². The molecule has 4 amide bonds. The van der Waals surface area contributed by atoms with Crippen LogP contribution in [0.5, 0.6) is 0 Å². The third kappa shape index (κ3) is 13.7. The molecule has 76 heavy (non-hydrogen) atoms. The summed E-state index contributed by atoms with van der Waals surface area (Å²) in [5.74, 6) is -0.430. The maximum absolute atomic E-state index is 14.1. The van der Waals surface area contributed by atoms with E-state index < -0.39 is 0 Å². The average molecular weight is 1020 g/mol. The highest BCUT2D eigenvalue weighted by Crippen LogP contribution is 2.28. The Balaban J connectivity index is 0.944. The van der Waals surface area contributed by atoms with E-state index in [1.165, 1.54) is 0 Å². The number of hydrogen-bond acceptors (Lipinski definition) is 8. The molecular formula is C64H72N8O4. The van der Waals surface area contributed by atoms with Crippen LogP contribution in [0, 0.1) is 0 Å². The molecular weight excluding hydrogens is 945 g/mol. The van der Waals surface area contributed by atoms with Gasteiger partial charge in [0.15, 0.2) is 0 Å². The molecule has 12 nitrogen and oxygen atoms in total. The third-order valence-electron chi connectivity index (χ3n) is 15.1. The summed E-state index contributed by atoms with van der Waals surface area (Å²) >= 11 is 0. The lowest BCUT2D eigenvalue weighted by Gasteiger charge is -2.34. The van der Waals surface area contributed by atoms with Gasteiger partial charge in [-0.25, -0.2) is 0 Å². The zero-order valence-electron chi connectivity index (χ0n) is 44.4. The smallest absolute Gasteiger partial charge is 0.234 e. The first kappa shape index (κ1) is 53.3. The van der Waals surface area contributed by atoms with Crippen LogP contribution in [0.2, 0.25) is 0 Å².